The second-order valence-corrected chi connectivity index (χ2v) is 4.02. The van der Waals surface area contributed by atoms with Crippen molar-refractivity contribution < 1.29 is 9.90 Å². The van der Waals surface area contributed by atoms with Gasteiger partial charge in [-0.2, -0.15) is 0 Å². The molecule has 0 bridgehead atoms. The molecule has 12 heavy (non-hydrogen) atoms. The molecule has 0 radical (unpaired) electrons. The lowest BCUT2D eigenvalue weighted by molar-refractivity contribution is -0.134. The van der Waals surface area contributed by atoms with E-state index in [4.69, 9.17) is 0 Å². The minimum Gasteiger partial charge on any atom is -0.388 e. The van der Waals surface area contributed by atoms with Gasteiger partial charge in [-0.05, 0) is 26.7 Å². The molecule has 0 aliphatic carbocycles. The van der Waals surface area contributed by atoms with Crippen LogP contribution in [0.2, 0.25) is 0 Å². The number of amides is 1. The molecule has 1 aliphatic rings. The van der Waals surface area contributed by atoms with Gasteiger partial charge in [-0.1, -0.05) is 0 Å². The van der Waals surface area contributed by atoms with Crippen LogP contribution in [0.25, 0.3) is 0 Å². The van der Waals surface area contributed by atoms with Gasteiger partial charge in [0.05, 0.1) is 11.6 Å². The van der Waals surface area contributed by atoms with Crippen molar-refractivity contribution in [3.05, 3.63) is 0 Å². The van der Waals surface area contributed by atoms with Gasteiger partial charge < -0.3 is 10.0 Å². The van der Waals surface area contributed by atoms with E-state index in [0.717, 1.165) is 19.4 Å². The average Bonchev–Trinajstić information content (AvgIpc) is 2.30. The molecule has 1 aliphatic heterocycles. The van der Waals surface area contributed by atoms with Crippen LogP contribution < -0.4 is 0 Å². The van der Waals surface area contributed by atoms with E-state index in [1.165, 1.54) is 0 Å². The molecule has 0 aromatic rings. The maximum atomic E-state index is 11.1. The summed E-state index contributed by atoms with van der Waals surface area (Å²) < 4.78 is 0. The first-order valence-corrected chi connectivity index (χ1v) is 4.42. The Morgan fingerprint density at radius 1 is 1.58 bits per heavy atom. The van der Waals surface area contributed by atoms with Gasteiger partial charge in [-0.15, -0.1) is 0 Å². The van der Waals surface area contributed by atoms with E-state index in [0.29, 0.717) is 0 Å². The van der Waals surface area contributed by atoms with Gasteiger partial charge in [0.2, 0.25) is 5.91 Å². The Kier molecular flexibility index (Phi) is 2.42. The summed E-state index contributed by atoms with van der Waals surface area (Å²) in [5, 5.41) is 9.74. The molecule has 1 rings (SSSR count). The standard InChI is InChI=1S/C9H17NO2/c1-7(11)10-6-4-5-8(10)9(2,3)12/h8,12H,4-6H2,1-3H3/t8-/m0/s1. The molecule has 0 aromatic heterocycles. The zero-order chi connectivity index (χ0) is 9.35. The molecular formula is C9H17NO2. The fraction of sp³-hybridized carbons (Fsp3) is 0.889. The van der Waals surface area contributed by atoms with Gasteiger partial charge in [0.15, 0.2) is 0 Å². The number of carbonyl (C=O) groups is 1. The monoisotopic (exact) mass is 171 g/mol. The molecule has 0 spiro atoms. The summed E-state index contributed by atoms with van der Waals surface area (Å²) in [5.74, 6) is 0.0691. The Labute approximate surface area is 73.4 Å². The van der Waals surface area contributed by atoms with E-state index in [1.54, 1.807) is 25.7 Å². The van der Waals surface area contributed by atoms with Crippen LogP contribution in [0.3, 0.4) is 0 Å². The molecule has 0 aromatic carbocycles. The van der Waals surface area contributed by atoms with E-state index in [9.17, 15) is 9.90 Å². The maximum Gasteiger partial charge on any atom is 0.219 e. The SMILES string of the molecule is CC(=O)N1CCC[C@H]1C(C)(C)O. The summed E-state index contributed by atoms with van der Waals surface area (Å²) in [6.45, 7) is 5.88. The highest BCUT2D eigenvalue weighted by Crippen LogP contribution is 2.26. The van der Waals surface area contributed by atoms with Crippen molar-refractivity contribution in [1.82, 2.24) is 4.90 Å². The minimum atomic E-state index is -0.762. The molecule has 1 atom stereocenters. The van der Waals surface area contributed by atoms with Crippen LogP contribution in [-0.4, -0.2) is 34.1 Å². The Morgan fingerprint density at radius 3 is 2.50 bits per heavy atom. The van der Waals surface area contributed by atoms with Crippen molar-refractivity contribution in [2.75, 3.05) is 6.54 Å². The summed E-state index contributed by atoms with van der Waals surface area (Å²) in [7, 11) is 0. The van der Waals surface area contributed by atoms with Crippen LogP contribution in [0.4, 0.5) is 0 Å². The number of hydrogen-bond donors (Lipinski definition) is 1. The lowest BCUT2D eigenvalue weighted by atomic mass is 9.97. The first-order valence-electron chi connectivity index (χ1n) is 4.42. The maximum absolute atomic E-state index is 11.1. The lowest BCUT2D eigenvalue weighted by Gasteiger charge is -2.33. The van der Waals surface area contributed by atoms with E-state index in [2.05, 4.69) is 0 Å². The first-order chi connectivity index (χ1) is 5.43. The average molecular weight is 171 g/mol. The molecule has 1 fully saturated rings. The normalized spacial score (nSPS) is 24.7. The fourth-order valence-electron chi connectivity index (χ4n) is 1.88. The van der Waals surface area contributed by atoms with Crippen molar-refractivity contribution in [1.29, 1.82) is 0 Å². The molecule has 0 unspecified atom stereocenters. The Hall–Kier alpha value is -0.570. The first kappa shape index (κ1) is 9.52. The summed E-state index contributed by atoms with van der Waals surface area (Å²) in [6.07, 6.45) is 1.93. The van der Waals surface area contributed by atoms with Crippen molar-refractivity contribution in [2.24, 2.45) is 0 Å². The molecule has 1 amide bonds. The second-order valence-electron chi connectivity index (χ2n) is 4.02. The van der Waals surface area contributed by atoms with Crippen molar-refractivity contribution in [3.8, 4) is 0 Å². The highest BCUT2D eigenvalue weighted by molar-refractivity contribution is 5.74. The zero-order valence-electron chi connectivity index (χ0n) is 8.00. The molecule has 3 heteroatoms. The second kappa shape index (κ2) is 3.05. The van der Waals surface area contributed by atoms with E-state index >= 15 is 0 Å². The zero-order valence-corrected chi connectivity index (χ0v) is 8.00. The number of hydrogen-bond acceptors (Lipinski definition) is 2. The molecular weight excluding hydrogens is 154 g/mol. The smallest absolute Gasteiger partial charge is 0.219 e. The minimum absolute atomic E-state index is 0.00926. The predicted molar refractivity (Wildman–Crippen MR) is 46.7 cm³/mol. The largest absolute Gasteiger partial charge is 0.388 e. The van der Waals surface area contributed by atoms with Gasteiger partial charge in [0.25, 0.3) is 0 Å². The van der Waals surface area contributed by atoms with Gasteiger partial charge in [0.1, 0.15) is 0 Å². The Balaban J connectivity index is 2.71. The van der Waals surface area contributed by atoms with Crippen LogP contribution in [-0.2, 0) is 4.79 Å². The molecule has 70 valence electrons. The molecule has 1 saturated heterocycles. The van der Waals surface area contributed by atoms with E-state index in [1.807, 2.05) is 0 Å². The predicted octanol–water partition coefficient (Wildman–Crippen LogP) is 0.768. The highest BCUT2D eigenvalue weighted by atomic mass is 16.3. The quantitative estimate of drug-likeness (QED) is 0.633. The van der Waals surface area contributed by atoms with Crippen LogP contribution in [0.1, 0.15) is 33.6 Å². The third kappa shape index (κ3) is 1.78. The summed E-state index contributed by atoms with van der Waals surface area (Å²) in [4.78, 5) is 12.9. The fourth-order valence-corrected chi connectivity index (χ4v) is 1.88. The topological polar surface area (TPSA) is 40.5 Å². The number of aliphatic hydroxyl groups is 1. The third-order valence-electron chi connectivity index (χ3n) is 2.47. The summed E-state index contributed by atoms with van der Waals surface area (Å²) in [5.41, 5.74) is -0.762. The molecule has 1 N–H and O–H groups in total. The van der Waals surface area contributed by atoms with Gasteiger partial charge in [-0.3, -0.25) is 4.79 Å². The van der Waals surface area contributed by atoms with Crippen LogP contribution in [0.5, 0.6) is 0 Å². The number of carbonyl (C=O) groups excluding carboxylic acids is 1. The van der Waals surface area contributed by atoms with Crippen molar-refractivity contribution in [2.45, 2.75) is 45.3 Å². The highest BCUT2D eigenvalue weighted by Gasteiger charge is 2.36. The number of rotatable bonds is 1. The molecule has 0 saturated carbocycles. The van der Waals surface area contributed by atoms with E-state index in [-0.39, 0.29) is 11.9 Å². The van der Waals surface area contributed by atoms with Gasteiger partial charge in [0, 0.05) is 13.5 Å². The Bertz CT molecular complexity index is 183. The van der Waals surface area contributed by atoms with Crippen LogP contribution >= 0.6 is 0 Å². The Morgan fingerprint density at radius 2 is 2.17 bits per heavy atom. The van der Waals surface area contributed by atoms with Crippen LogP contribution in [0.15, 0.2) is 0 Å². The lowest BCUT2D eigenvalue weighted by Crippen LogP contribution is -2.47. The van der Waals surface area contributed by atoms with Gasteiger partial charge >= 0.3 is 0 Å². The third-order valence-corrected chi connectivity index (χ3v) is 2.47. The van der Waals surface area contributed by atoms with Crippen molar-refractivity contribution in [3.63, 3.8) is 0 Å². The van der Waals surface area contributed by atoms with E-state index < -0.39 is 5.60 Å². The number of likely N-dealkylation sites (tertiary alicyclic amines) is 1. The molecule has 1 heterocycles. The summed E-state index contributed by atoms with van der Waals surface area (Å²) >= 11 is 0. The van der Waals surface area contributed by atoms with Gasteiger partial charge in [-0.25, -0.2) is 0 Å². The van der Waals surface area contributed by atoms with Crippen LogP contribution in [0, 0.1) is 0 Å². The number of nitrogens with zero attached hydrogens (tertiary/aromatic N) is 1. The van der Waals surface area contributed by atoms with Crippen molar-refractivity contribution >= 4 is 5.91 Å². The molecule has 3 nitrogen and oxygen atoms in total. The summed E-state index contributed by atoms with van der Waals surface area (Å²) in [6, 6.07) is 0.00926.